The van der Waals surface area contributed by atoms with Crippen molar-refractivity contribution in [1.82, 2.24) is 4.90 Å². The van der Waals surface area contributed by atoms with Crippen molar-refractivity contribution in [1.29, 1.82) is 0 Å². The molecule has 4 heteroatoms. The summed E-state index contributed by atoms with van der Waals surface area (Å²) in [6.07, 6.45) is 0. The van der Waals surface area contributed by atoms with Crippen LogP contribution in [0.3, 0.4) is 0 Å². The lowest BCUT2D eigenvalue weighted by Gasteiger charge is -2.31. The van der Waals surface area contributed by atoms with Crippen molar-refractivity contribution in [2.75, 3.05) is 7.05 Å². The maximum Gasteiger partial charge on any atom is 0.242 e. The number of benzene rings is 1. The molecule has 0 heterocycles. The van der Waals surface area contributed by atoms with Crippen LogP contribution in [0.4, 0.5) is 0 Å². The molecular weight excluding hydrogens is 216 g/mol. The SMILES string of the molecule is CC(c1ccccc1O)N(C)C(=O)C(C)(C)N. The second-order valence-electron chi connectivity index (χ2n) is 4.87. The number of amides is 1. The van der Waals surface area contributed by atoms with Gasteiger partial charge in [-0.2, -0.15) is 0 Å². The molecule has 0 radical (unpaired) electrons. The summed E-state index contributed by atoms with van der Waals surface area (Å²) in [4.78, 5) is 13.6. The number of carbonyl (C=O) groups excluding carboxylic acids is 1. The topological polar surface area (TPSA) is 66.6 Å². The van der Waals surface area contributed by atoms with E-state index in [-0.39, 0.29) is 17.7 Å². The van der Waals surface area contributed by atoms with Crippen molar-refractivity contribution in [2.45, 2.75) is 32.4 Å². The number of phenolic OH excluding ortho intramolecular Hbond substituents is 1. The first kappa shape index (κ1) is 13.5. The van der Waals surface area contributed by atoms with Crippen LogP contribution in [0.5, 0.6) is 5.75 Å². The van der Waals surface area contributed by atoms with Crippen molar-refractivity contribution in [3.05, 3.63) is 29.8 Å². The fraction of sp³-hybridized carbons (Fsp3) is 0.462. The Labute approximate surface area is 102 Å². The van der Waals surface area contributed by atoms with E-state index in [1.165, 1.54) is 0 Å². The number of likely N-dealkylation sites (N-methyl/N-ethyl adjacent to an activating group) is 1. The second-order valence-corrected chi connectivity index (χ2v) is 4.87. The molecule has 0 bridgehead atoms. The Balaban J connectivity index is 2.95. The molecule has 4 nitrogen and oxygen atoms in total. The van der Waals surface area contributed by atoms with Gasteiger partial charge < -0.3 is 15.7 Å². The fourth-order valence-corrected chi connectivity index (χ4v) is 1.68. The molecule has 1 atom stereocenters. The van der Waals surface area contributed by atoms with Gasteiger partial charge in [-0.05, 0) is 26.8 Å². The maximum absolute atomic E-state index is 12.0. The van der Waals surface area contributed by atoms with Crippen LogP contribution in [0.15, 0.2) is 24.3 Å². The van der Waals surface area contributed by atoms with Crippen molar-refractivity contribution >= 4 is 5.91 Å². The van der Waals surface area contributed by atoms with E-state index in [4.69, 9.17) is 5.73 Å². The molecule has 0 saturated heterocycles. The summed E-state index contributed by atoms with van der Waals surface area (Å²) >= 11 is 0. The monoisotopic (exact) mass is 236 g/mol. The number of carbonyl (C=O) groups is 1. The minimum Gasteiger partial charge on any atom is -0.508 e. The van der Waals surface area contributed by atoms with Gasteiger partial charge in [0.25, 0.3) is 0 Å². The Morgan fingerprint density at radius 2 is 1.94 bits per heavy atom. The molecule has 1 unspecified atom stereocenters. The predicted molar refractivity (Wildman–Crippen MR) is 67.6 cm³/mol. The number of phenols is 1. The van der Waals surface area contributed by atoms with E-state index in [2.05, 4.69) is 0 Å². The number of nitrogens with two attached hydrogens (primary N) is 1. The van der Waals surface area contributed by atoms with Gasteiger partial charge in [-0.15, -0.1) is 0 Å². The van der Waals surface area contributed by atoms with Crippen molar-refractivity contribution < 1.29 is 9.90 Å². The van der Waals surface area contributed by atoms with Gasteiger partial charge in [0.1, 0.15) is 5.75 Å². The van der Waals surface area contributed by atoms with Gasteiger partial charge in [-0.1, -0.05) is 18.2 Å². The minimum absolute atomic E-state index is 0.159. The van der Waals surface area contributed by atoms with Gasteiger partial charge >= 0.3 is 0 Å². The highest BCUT2D eigenvalue weighted by Crippen LogP contribution is 2.28. The zero-order valence-electron chi connectivity index (χ0n) is 10.8. The summed E-state index contributed by atoms with van der Waals surface area (Å²) in [7, 11) is 1.69. The average Bonchev–Trinajstić information content (AvgIpc) is 2.25. The molecule has 0 aliphatic rings. The summed E-state index contributed by atoms with van der Waals surface area (Å²) in [5, 5.41) is 9.75. The van der Waals surface area contributed by atoms with Crippen LogP contribution in [0.2, 0.25) is 0 Å². The molecule has 1 rings (SSSR count). The molecule has 0 aliphatic carbocycles. The number of nitrogens with zero attached hydrogens (tertiary/aromatic N) is 1. The molecule has 1 aromatic rings. The van der Waals surface area contributed by atoms with E-state index in [0.29, 0.717) is 5.56 Å². The van der Waals surface area contributed by atoms with Crippen LogP contribution in [0.1, 0.15) is 32.4 Å². The highest BCUT2D eigenvalue weighted by molar-refractivity contribution is 5.85. The van der Waals surface area contributed by atoms with E-state index in [1.807, 2.05) is 13.0 Å². The molecule has 1 amide bonds. The third-order valence-electron chi connectivity index (χ3n) is 2.84. The van der Waals surface area contributed by atoms with Gasteiger partial charge in [0.05, 0.1) is 11.6 Å². The van der Waals surface area contributed by atoms with Crippen LogP contribution < -0.4 is 5.73 Å². The lowest BCUT2D eigenvalue weighted by molar-refractivity contribution is -0.136. The third-order valence-corrected chi connectivity index (χ3v) is 2.84. The first-order valence-corrected chi connectivity index (χ1v) is 5.59. The molecule has 0 saturated carbocycles. The number of hydrogen-bond acceptors (Lipinski definition) is 3. The van der Waals surface area contributed by atoms with E-state index >= 15 is 0 Å². The van der Waals surface area contributed by atoms with Gasteiger partial charge in [-0.25, -0.2) is 0 Å². The lowest BCUT2D eigenvalue weighted by atomic mass is 10.0. The molecule has 0 fully saturated rings. The Bertz CT molecular complexity index is 410. The van der Waals surface area contributed by atoms with E-state index < -0.39 is 5.54 Å². The van der Waals surface area contributed by atoms with Gasteiger partial charge in [0.15, 0.2) is 0 Å². The normalized spacial score (nSPS) is 13.2. The Morgan fingerprint density at radius 3 is 2.41 bits per heavy atom. The quantitative estimate of drug-likeness (QED) is 0.838. The smallest absolute Gasteiger partial charge is 0.242 e. The Kier molecular flexibility index (Phi) is 3.78. The summed E-state index contributed by atoms with van der Waals surface area (Å²) < 4.78 is 0. The summed E-state index contributed by atoms with van der Waals surface area (Å²) in [6, 6.07) is 6.77. The molecule has 0 spiro atoms. The number of hydrogen-bond donors (Lipinski definition) is 2. The lowest BCUT2D eigenvalue weighted by Crippen LogP contribution is -2.50. The molecule has 1 aromatic carbocycles. The highest BCUT2D eigenvalue weighted by Gasteiger charge is 2.29. The number of rotatable bonds is 3. The molecule has 0 aromatic heterocycles. The maximum atomic E-state index is 12.0. The average molecular weight is 236 g/mol. The zero-order chi connectivity index (χ0) is 13.2. The van der Waals surface area contributed by atoms with Gasteiger partial charge in [0, 0.05) is 12.6 Å². The number of aromatic hydroxyl groups is 1. The second kappa shape index (κ2) is 4.75. The molecule has 17 heavy (non-hydrogen) atoms. The largest absolute Gasteiger partial charge is 0.508 e. The number of para-hydroxylation sites is 1. The van der Waals surface area contributed by atoms with Crippen molar-refractivity contribution in [3.8, 4) is 5.75 Å². The van der Waals surface area contributed by atoms with Crippen LogP contribution >= 0.6 is 0 Å². The fourth-order valence-electron chi connectivity index (χ4n) is 1.68. The first-order valence-electron chi connectivity index (χ1n) is 5.59. The standard InChI is InChI=1S/C13H20N2O2/c1-9(10-7-5-6-8-11(10)16)15(4)12(17)13(2,3)14/h5-9,16H,14H2,1-4H3. The highest BCUT2D eigenvalue weighted by atomic mass is 16.3. The first-order chi connectivity index (χ1) is 7.75. The van der Waals surface area contributed by atoms with Crippen LogP contribution in [-0.2, 0) is 4.79 Å². The van der Waals surface area contributed by atoms with Gasteiger partial charge in [0.2, 0.25) is 5.91 Å². The Morgan fingerprint density at radius 1 is 1.41 bits per heavy atom. The van der Waals surface area contributed by atoms with E-state index in [0.717, 1.165) is 0 Å². The zero-order valence-corrected chi connectivity index (χ0v) is 10.8. The van der Waals surface area contributed by atoms with Crippen LogP contribution in [-0.4, -0.2) is 28.5 Å². The molecular formula is C13H20N2O2. The Hall–Kier alpha value is -1.55. The molecule has 3 N–H and O–H groups in total. The van der Waals surface area contributed by atoms with Crippen LogP contribution in [0.25, 0.3) is 0 Å². The summed E-state index contributed by atoms with van der Waals surface area (Å²) in [5.41, 5.74) is 5.59. The predicted octanol–water partition coefficient (Wildman–Crippen LogP) is 1.65. The molecule has 0 aliphatic heterocycles. The van der Waals surface area contributed by atoms with Crippen molar-refractivity contribution in [2.24, 2.45) is 5.73 Å². The van der Waals surface area contributed by atoms with Crippen LogP contribution in [0, 0.1) is 0 Å². The van der Waals surface area contributed by atoms with Gasteiger partial charge in [-0.3, -0.25) is 4.79 Å². The summed E-state index contributed by atoms with van der Waals surface area (Å²) in [6.45, 7) is 5.20. The molecule has 94 valence electrons. The van der Waals surface area contributed by atoms with E-state index in [9.17, 15) is 9.90 Å². The van der Waals surface area contributed by atoms with Crippen molar-refractivity contribution in [3.63, 3.8) is 0 Å². The third kappa shape index (κ3) is 2.97. The summed E-state index contributed by atoms with van der Waals surface area (Å²) in [5.74, 6) is 0.0303. The minimum atomic E-state index is -0.909. The van der Waals surface area contributed by atoms with E-state index in [1.54, 1.807) is 44.0 Å².